The molecule has 0 bridgehead atoms. The molecule has 0 aliphatic carbocycles. The number of hydrogen-bond acceptors (Lipinski definition) is 2. The molecule has 0 amide bonds. The zero-order valence-electron chi connectivity index (χ0n) is 8.64. The third-order valence-corrected chi connectivity index (χ3v) is 2.89. The van der Waals surface area contributed by atoms with Gasteiger partial charge in [-0.2, -0.15) is 0 Å². The van der Waals surface area contributed by atoms with Gasteiger partial charge >= 0.3 is 0 Å². The van der Waals surface area contributed by atoms with Crippen LogP contribution >= 0.6 is 0 Å². The lowest BCUT2D eigenvalue weighted by Gasteiger charge is -2.23. The smallest absolute Gasteiger partial charge is 0.00791 e. The molecule has 0 saturated carbocycles. The lowest BCUT2D eigenvalue weighted by atomic mass is 10.2. The number of nitrogens with one attached hydrogen (secondary N) is 1. The van der Waals surface area contributed by atoms with Crippen LogP contribution in [0, 0.1) is 5.92 Å². The second-order valence-electron chi connectivity index (χ2n) is 4.13. The Bertz CT molecular complexity index is 125. The van der Waals surface area contributed by atoms with Crippen molar-refractivity contribution in [3.63, 3.8) is 0 Å². The summed E-state index contributed by atoms with van der Waals surface area (Å²) in [5.74, 6) is 0.919. The van der Waals surface area contributed by atoms with Crippen LogP contribution in [0.4, 0.5) is 0 Å². The first-order valence-electron chi connectivity index (χ1n) is 5.12. The van der Waals surface area contributed by atoms with E-state index in [1.165, 1.54) is 25.9 Å². The van der Waals surface area contributed by atoms with E-state index in [4.69, 9.17) is 0 Å². The predicted molar refractivity (Wildman–Crippen MR) is 53.4 cm³/mol. The second kappa shape index (κ2) is 4.83. The Morgan fingerprint density at radius 2 is 2.33 bits per heavy atom. The molecular formula is C10H22N2. The van der Waals surface area contributed by atoms with E-state index in [1.54, 1.807) is 0 Å². The molecule has 1 aliphatic heterocycles. The van der Waals surface area contributed by atoms with Gasteiger partial charge in [-0.15, -0.1) is 0 Å². The van der Waals surface area contributed by atoms with Gasteiger partial charge in [-0.05, 0) is 45.8 Å². The van der Waals surface area contributed by atoms with Crippen LogP contribution in [0.5, 0.6) is 0 Å². The summed E-state index contributed by atoms with van der Waals surface area (Å²) in [5, 5.41) is 3.21. The number of rotatable bonds is 4. The normalized spacial score (nSPS) is 27.8. The van der Waals surface area contributed by atoms with E-state index >= 15 is 0 Å². The van der Waals surface area contributed by atoms with Gasteiger partial charge in [0.2, 0.25) is 0 Å². The summed E-state index contributed by atoms with van der Waals surface area (Å²) in [6.45, 7) is 8.46. The number of nitrogens with zero attached hydrogens (tertiary/aromatic N) is 1. The van der Waals surface area contributed by atoms with E-state index in [0.29, 0.717) is 0 Å². The monoisotopic (exact) mass is 170 g/mol. The molecule has 0 radical (unpaired) electrons. The third kappa shape index (κ3) is 2.76. The Balaban J connectivity index is 2.18. The van der Waals surface area contributed by atoms with Gasteiger partial charge in [-0.25, -0.2) is 0 Å². The van der Waals surface area contributed by atoms with Crippen LogP contribution in [0.3, 0.4) is 0 Å². The standard InChI is InChI=1S/C10H22N2/c1-9-5-7-12(8-9)10(2)4-6-11-3/h9-11H,4-8H2,1-3H3. The summed E-state index contributed by atoms with van der Waals surface area (Å²) in [7, 11) is 2.03. The fourth-order valence-electron chi connectivity index (χ4n) is 1.91. The summed E-state index contributed by atoms with van der Waals surface area (Å²) in [5.41, 5.74) is 0. The van der Waals surface area contributed by atoms with Crippen LogP contribution < -0.4 is 5.32 Å². The Morgan fingerprint density at radius 3 is 2.83 bits per heavy atom. The molecule has 1 aliphatic rings. The molecule has 1 saturated heterocycles. The van der Waals surface area contributed by atoms with Gasteiger partial charge in [0.1, 0.15) is 0 Å². The largest absolute Gasteiger partial charge is 0.320 e. The molecule has 2 atom stereocenters. The molecule has 12 heavy (non-hydrogen) atoms. The van der Waals surface area contributed by atoms with E-state index in [2.05, 4.69) is 24.1 Å². The van der Waals surface area contributed by atoms with Crippen LogP contribution in [0.25, 0.3) is 0 Å². The molecule has 1 N–H and O–H groups in total. The Hall–Kier alpha value is -0.0800. The van der Waals surface area contributed by atoms with Gasteiger partial charge in [-0.3, -0.25) is 0 Å². The average Bonchev–Trinajstić information content (AvgIpc) is 2.47. The van der Waals surface area contributed by atoms with Gasteiger partial charge in [0, 0.05) is 12.6 Å². The summed E-state index contributed by atoms with van der Waals surface area (Å²) >= 11 is 0. The minimum atomic E-state index is 0.766. The average molecular weight is 170 g/mol. The van der Waals surface area contributed by atoms with Gasteiger partial charge in [0.05, 0.1) is 0 Å². The van der Waals surface area contributed by atoms with Crippen molar-refractivity contribution in [3.05, 3.63) is 0 Å². The van der Waals surface area contributed by atoms with Crippen molar-refractivity contribution in [1.29, 1.82) is 0 Å². The molecule has 1 rings (SSSR count). The van der Waals surface area contributed by atoms with Gasteiger partial charge in [0.25, 0.3) is 0 Å². The molecule has 1 heterocycles. The molecular weight excluding hydrogens is 148 g/mol. The van der Waals surface area contributed by atoms with E-state index in [1.807, 2.05) is 7.05 Å². The Morgan fingerprint density at radius 1 is 1.58 bits per heavy atom. The Kier molecular flexibility index (Phi) is 4.02. The lowest BCUT2D eigenvalue weighted by Crippen LogP contribution is -2.32. The molecule has 0 aromatic heterocycles. The fraction of sp³-hybridized carbons (Fsp3) is 1.00. The van der Waals surface area contributed by atoms with Crippen LogP contribution in [0.1, 0.15) is 26.7 Å². The predicted octanol–water partition coefficient (Wildman–Crippen LogP) is 1.33. The lowest BCUT2D eigenvalue weighted by molar-refractivity contribution is 0.239. The summed E-state index contributed by atoms with van der Waals surface area (Å²) in [4.78, 5) is 2.61. The van der Waals surface area contributed by atoms with Crippen molar-refractivity contribution < 1.29 is 0 Å². The highest BCUT2D eigenvalue weighted by Crippen LogP contribution is 2.18. The van der Waals surface area contributed by atoms with Crippen molar-refractivity contribution >= 4 is 0 Å². The molecule has 0 aromatic carbocycles. The van der Waals surface area contributed by atoms with Crippen LogP contribution in [0.15, 0.2) is 0 Å². The molecule has 2 nitrogen and oxygen atoms in total. The van der Waals surface area contributed by atoms with E-state index in [-0.39, 0.29) is 0 Å². The molecule has 2 heteroatoms. The number of hydrogen-bond donors (Lipinski definition) is 1. The van der Waals surface area contributed by atoms with E-state index in [9.17, 15) is 0 Å². The highest BCUT2D eigenvalue weighted by Gasteiger charge is 2.22. The van der Waals surface area contributed by atoms with Gasteiger partial charge < -0.3 is 10.2 Å². The van der Waals surface area contributed by atoms with Gasteiger partial charge in [0.15, 0.2) is 0 Å². The zero-order chi connectivity index (χ0) is 8.97. The van der Waals surface area contributed by atoms with Gasteiger partial charge in [-0.1, -0.05) is 6.92 Å². The van der Waals surface area contributed by atoms with Crippen molar-refractivity contribution in [1.82, 2.24) is 10.2 Å². The second-order valence-corrected chi connectivity index (χ2v) is 4.13. The molecule has 72 valence electrons. The SMILES string of the molecule is CNCCC(C)N1CCC(C)C1. The quantitative estimate of drug-likeness (QED) is 0.684. The fourth-order valence-corrected chi connectivity index (χ4v) is 1.91. The molecule has 2 unspecified atom stereocenters. The van der Waals surface area contributed by atoms with E-state index < -0.39 is 0 Å². The van der Waals surface area contributed by atoms with E-state index in [0.717, 1.165) is 18.5 Å². The minimum Gasteiger partial charge on any atom is -0.320 e. The first-order valence-corrected chi connectivity index (χ1v) is 5.12. The first kappa shape index (κ1) is 10.0. The molecule has 0 spiro atoms. The molecule has 0 aromatic rings. The maximum absolute atomic E-state index is 3.21. The van der Waals surface area contributed by atoms with Crippen molar-refractivity contribution in [2.24, 2.45) is 5.92 Å². The maximum atomic E-state index is 3.21. The van der Waals surface area contributed by atoms with Crippen molar-refractivity contribution in [2.75, 3.05) is 26.7 Å². The number of likely N-dealkylation sites (tertiary alicyclic amines) is 1. The summed E-state index contributed by atoms with van der Waals surface area (Å²) < 4.78 is 0. The summed E-state index contributed by atoms with van der Waals surface area (Å²) in [6.07, 6.45) is 2.67. The highest BCUT2D eigenvalue weighted by atomic mass is 15.2. The minimum absolute atomic E-state index is 0.766. The summed E-state index contributed by atoms with van der Waals surface area (Å²) in [6, 6.07) is 0.766. The highest BCUT2D eigenvalue weighted by molar-refractivity contribution is 4.77. The molecule has 1 fully saturated rings. The van der Waals surface area contributed by atoms with Crippen molar-refractivity contribution in [2.45, 2.75) is 32.7 Å². The van der Waals surface area contributed by atoms with Crippen molar-refractivity contribution in [3.8, 4) is 0 Å². The zero-order valence-corrected chi connectivity index (χ0v) is 8.64. The van der Waals surface area contributed by atoms with Crippen LogP contribution in [0.2, 0.25) is 0 Å². The topological polar surface area (TPSA) is 15.3 Å². The first-order chi connectivity index (χ1) is 5.74. The van der Waals surface area contributed by atoms with Crippen LogP contribution in [-0.2, 0) is 0 Å². The Labute approximate surface area is 76.3 Å². The third-order valence-electron chi connectivity index (χ3n) is 2.89. The maximum Gasteiger partial charge on any atom is 0.00791 e. The van der Waals surface area contributed by atoms with Crippen LogP contribution in [-0.4, -0.2) is 37.6 Å².